The fourth-order valence-corrected chi connectivity index (χ4v) is 6.95. The van der Waals surface area contributed by atoms with E-state index in [9.17, 15) is 13.2 Å². The number of halogens is 1. The van der Waals surface area contributed by atoms with Crippen LogP contribution < -0.4 is 9.64 Å². The number of nitrogens with zero attached hydrogens (tertiary/aromatic N) is 3. The van der Waals surface area contributed by atoms with Gasteiger partial charge in [0.25, 0.3) is 0 Å². The summed E-state index contributed by atoms with van der Waals surface area (Å²) in [4.78, 5) is 20.2. The first-order valence-electron chi connectivity index (χ1n) is 10.9. The number of carbonyl (C=O) groups is 1. The molecule has 2 aromatic carbocycles. The Morgan fingerprint density at radius 2 is 2.03 bits per heavy atom. The van der Waals surface area contributed by atoms with Crippen molar-refractivity contribution < 1.29 is 22.4 Å². The molecule has 8 nitrogen and oxygen atoms in total. The summed E-state index contributed by atoms with van der Waals surface area (Å²) in [6, 6.07) is 14.2. The maximum Gasteiger partial charge on any atom is 0.247 e. The molecule has 35 heavy (non-hydrogen) atoms. The third kappa shape index (κ3) is 4.54. The number of fused-ring (bicyclic) bond motifs is 1. The number of amides is 1. The highest BCUT2D eigenvalue weighted by Gasteiger charge is 2.42. The van der Waals surface area contributed by atoms with Gasteiger partial charge in [-0.2, -0.15) is 4.31 Å². The minimum absolute atomic E-state index is 0.101. The summed E-state index contributed by atoms with van der Waals surface area (Å²) in [5, 5.41) is 0.885. The Morgan fingerprint density at radius 1 is 1.23 bits per heavy atom. The lowest BCUT2D eigenvalue weighted by Crippen LogP contribution is -2.47. The molecule has 1 saturated heterocycles. The molecule has 0 aliphatic carbocycles. The van der Waals surface area contributed by atoms with Crippen molar-refractivity contribution in [3.63, 3.8) is 0 Å². The van der Waals surface area contributed by atoms with Gasteiger partial charge in [-0.05, 0) is 61.4 Å². The van der Waals surface area contributed by atoms with Crippen LogP contribution >= 0.6 is 22.9 Å². The van der Waals surface area contributed by atoms with Gasteiger partial charge in [-0.15, -0.1) is 0 Å². The van der Waals surface area contributed by atoms with E-state index >= 15 is 0 Å². The maximum absolute atomic E-state index is 13.9. The molecule has 2 aromatic heterocycles. The van der Waals surface area contributed by atoms with Crippen molar-refractivity contribution in [2.45, 2.75) is 30.3 Å². The van der Waals surface area contributed by atoms with Crippen LogP contribution in [-0.2, 0) is 21.4 Å². The minimum atomic E-state index is -3.90. The van der Waals surface area contributed by atoms with E-state index in [0.717, 1.165) is 4.70 Å². The number of benzene rings is 2. The predicted octanol–water partition coefficient (Wildman–Crippen LogP) is 4.94. The van der Waals surface area contributed by atoms with Gasteiger partial charge < -0.3 is 9.15 Å². The van der Waals surface area contributed by atoms with Crippen LogP contribution in [0.2, 0.25) is 5.02 Å². The number of furan rings is 1. The maximum atomic E-state index is 13.9. The molecule has 3 heterocycles. The normalized spacial score (nSPS) is 16.6. The Bertz CT molecular complexity index is 1450. The molecule has 0 N–H and O–H groups in total. The average Bonchev–Trinajstić information content (AvgIpc) is 3.62. The summed E-state index contributed by atoms with van der Waals surface area (Å²) in [5.41, 5.74) is 0.643. The lowest BCUT2D eigenvalue weighted by atomic mass is 10.2. The van der Waals surface area contributed by atoms with Crippen LogP contribution in [0.4, 0.5) is 5.13 Å². The number of carbonyl (C=O) groups excluding carboxylic acids is 1. The van der Waals surface area contributed by atoms with Gasteiger partial charge in [0.15, 0.2) is 5.13 Å². The first kappa shape index (κ1) is 23.8. The third-order valence-corrected chi connectivity index (χ3v) is 9.11. The van der Waals surface area contributed by atoms with Gasteiger partial charge in [-0.1, -0.05) is 29.0 Å². The molecule has 1 aliphatic heterocycles. The van der Waals surface area contributed by atoms with Crippen LogP contribution in [0.15, 0.2) is 70.2 Å². The number of anilines is 1. The van der Waals surface area contributed by atoms with E-state index in [1.807, 2.05) is 18.2 Å². The molecule has 11 heteroatoms. The van der Waals surface area contributed by atoms with Crippen molar-refractivity contribution in [2.24, 2.45) is 0 Å². The smallest absolute Gasteiger partial charge is 0.247 e. The number of aromatic nitrogens is 1. The highest BCUT2D eigenvalue weighted by molar-refractivity contribution is 7.89. The Labute approximate surface area is 211 Å². The molecule has 1 fully saturated rings. The second-order valence-corrected chi connectivity index (χ2v) is 11.4. The van der Waals surface area contributed by atoms with Gasteiger partial charge in [-0.3, -0.25) is 9.69 Å². The van der Waals surface area contributed by atoms with Crippen molar-refractivity contribution in [1.29, 1.82) is 0 Å². The molecular formula is C24H22ClN3O5S2. The highest BCUT2D eigenvalue weighted by atomic mass is 35.5. The molecule has 1 aliphatic rings. The predicted molar refractivity (Wildman–Crippen MR) is 134 cm³/mol. The molecule has 5 rings (SSSR count). The van der Waals surface area contributed by atoms with Crippen molar-refractivity contribution in [3.8, 4) is 5.75 Å². The van der Waals surface area contributed by atoms with Crippen LogP contribution in [0.3, 0.4) is 0 Å². The number of rotatable bonds is 7. The lowest BCUT2D eigenvalue weighted by Gasteiger charge is -2.28. The van der Waals surface area contributed by atoms with Gasteiger partial charge in [0, 0.05) is 11.6 Å². The van der Waals surface area contributed by atoms with E-state index in [-0.39, 0.29) is 23.9 Å². The van der Waals surface area contributed by atoms with Gasteiger partial charge in [-0.25, -0.2) is 13.4 Å². The number of hydrogen-bond donors (Lipinski definition) is 0. The summed E-state index contributed by atoms with van der Waals surface area (Å²) in [7, 11) is -2.33. The van der Waals surface area contributed by atoms with E-state index < -0.39 is 16.1 Å². The average molecular weight is 532 g/mol. The number of hydrogen-bond acceptors (Lipinski definition) is 7. The van der Waals surface area contributed by atoms with Crippen molar-refractivity contribution in [1.82, 2.24) is 9.29 Å². The number of methoxy groups -OCH3 is 1. The van der Waals surface area contributed by atoms with Crippen LogP contribution in [0.1, 0.15) is 18.6 Å². The standard InChI is InChI=1S/C24H22ClN3O5S2/c1-32-20-7-2-8-21-22(20)26-24(34-21)27(15-17-5-4-14-33-17)23(29)19-6-3-13-28(19)35(30,31)18-11-9-16(25)10-12-18/h2,4-5,7-12,14,19H,3,6,13,15H2,1H3. The first-order chi connectivity index (χ1) is 16.9. The van der Waals surface area contributed by atoms with Crippen molar-refractivity contribution >= 4 is 54.2 Å². The number of ether oxygens (including phenoxy) is 1. The molecule has 1 amide bonds. The molecule has 0 bridgehead atoms. The van der Waals surface area contributed by atoms with Crippen molar-refractivity contribution in [2.75, 3.05) is 18.6 Å². The monoisotopic (exact) mass is 531 g/mol. The van der Waals surface area contributed by atoms with Gasteiger partial charge in [0.2, 0.25) is 15.9 Å². The summed E-state index contributed by atoms with van der Waals surface area (Å²) in [6.07, 6.45) is 2.52. The van der Waals surface area contributed by atoms with E-state index in [2.05, 4.69) is 4.98 Å². The molecule has 0 spiro atoms. The zero-order valence-corrected chi connectivity index (χ0v) is 21.1. The summed E-state index contributed by atoms with van der Waals surface area (Å²) in [5.74, 6) is 0.812. The van der Waals surface area contributed by atoms with Crippen LogP contribution in [0, 0.1) is 0 Å². The Kier molecular flexibility index (Phi) is 6.54. The number of thiazole rings is 1. The van der Waals surface area contributed by atoms with Crippen LogP contribution in [-0.4, -0.2) is 43.3 Å². The fourth-order valence-electron chi connectivity index (χ4n) is 4.19. The molecule has 1 unspecified atom stereocenters. The Balaban J connectivity index is 1.52. The quantitative estimate of drug-likeness (QED) is 0.335. The lowest BCUT2D eigenvalue weighted by molar-refractivity contribution is -0.121. The summed E-state index contributed by atoms with van der Waals surface area (Å²) in [6.45, 7) is 0.378. The topological polar surface area (TPSA) is 93.0 Å². The third-order valence-electron chi connectivity index (χ3n) is 5.89. The first-order valence-corrected chi connectivity index (χ1v) is 13.6. The van der Waals surface area contributed by atoms with Gasteiger partial charge >= 0.3 is 0 Å². The van der Waals surface area contributed by atoms with Gasteiger partial charge in [0.05, 0.1) is 29.5 Å². The second-order valence-electron chi connectivity index (χ2n) is 8.03. The molecular weight excluding hydrogens is 510 g/mol. The minimum Gasteiger partial charge on any atom is -0.494 e. The zero-order chi connectivity index (χ0) is 24.6. The van der Waals surface area contributed by atoms with Crippen molar-refractivity contribution in [3.05, 3.63) is 71.6 Å². The number of para-hydroxylation sites is 1. The largest absolute Gasteiger partial charge is 0.494 e. The van der Waals surface area contributed by atoms with E-state index in [0.29, 0.717) is 40.0 Å². The Hall–Kier alpha value is -2.92. The van der Waals surface area contributed by atoms with Gasteiger partial charge in [0.1, 0.15) is 23.1 Å². The molecule has 0 radical (unpaired) electrons. The summed E-state index contributed by atoms with van der Waals surface area (Å²) < 4.78 is 39.9. The van der Waals surface area contributed by atoms with E-state index in [1.165, 1.54) is 51.1 Å². The molecule has 4 aromatic rings. The molecule has 1 atom stereocenters. The van der Waals surface area contributed by atoms with E-state index in [1.54, 1.807) is 19.2 Å². The Morgan fingerprint density at radius 3 is 2.74 bits per heavy atom. The SMILES string of the molecule is COc1cccc2sc(N(Cc3ccco3)C(=O)C3CCCN3S(=O)(=O)c3ccc(Cl)cc3)nc12. The molecule has 0 saturated carbocycles. The highest BCUT2D eigenvalue weighted by Crippen LogP contribution is 2.36. The fraction of sp³-hybridized carbons (Fsp3) is 0.250. The molecule has 182 valence electrons. The second kappa shape index (κ2) is 9.62. The van der Waals surface area contributed by atoms with E-state index in [4.69, 9.17) is 20.8 Å². The van der Waals surface area contributed by atoms with Crippen LogP contribution in [0.5, 0.6) is 5.75 Å². The zero-order valence-electron chi connectivity index (χ0n) is 18.8. The summed E-state index contributed by atoms with van der Waals surface area (Å²) >= 11 is 7.28. The van der Waals surface area contributed by atoms with Crippen LogP contribution in [0.25, 0.3) is 10.2 Å². The number of sulfonamides is 1.